The molecule has 0 spiro atoms. The first kappa shape index (κ1) is 17.5. The molecule has 3 unspecified atom stereocenters. The molecule has 0 saturated heterocycles. The summed E-state index contributed by atoms with van der Waals surface area (Å²) in [7, 11) is 0. The summed E-state index contributed by atoms with van der Waals surface area (Å²) in [5, 5.41) is 6.62. The van der Waals surface area contributed by atoms with E-state index in [0.717, 1.165) is 30.8 Å². The first-order valence-electron chi connectivity index (χ1n) is 8.40. The molecule has 3 atom stereocenters. The molecule has 3 heteroatoms. The minimum Gasteiger partial charge on any atom is -0.356 e. The number of hydrogen-bond donors (Lipinski definition) is 2. The molecule has 2 N–H and O–H groups in total. The Morgan fingerprint density at radius 1 is 1.20 bits per heavy atom. The van der Waals surface area contributed by atoms with E-state index in [9.17, 15) is 4.79 Å². The van der Waals surface area contributed by atoms with E-state index >= 15 is 0 Å². The minimum atomic E-state index is 0.177. The Morgan fingerprint density at radius 3 is 2.50 bits per heavy atom. The molecule has 1 saturated carbocycles. The monoisotopic (exact) mass is 282 g/mol. The second-order valence-corrected chi connectivity index (χ2v) is 7.33. The molecule has 1 aliphatic carbocycles. The predicted octanol–water partition coefficient (Wildman–Crippen LogP) is 3.20. The van der Waals surface area contributed by atoms with Crippen LogP contribution in [-0.4, -0.2) is 25.0 Å². The lowest BCUT2D eigenvalue weighted by molar-refractivity contribution is -0.121. The molecule has 1 fully saturated rings. The second kappa shape index (κ2) is 8.66. The van der Waals surface area contributed by atoms with Gasteiger partial charge in [0.1, 0.15) is 0 Å². The van der Waals surface area contributed by atoms with Gasteiger partial charge in [0.15, 0.2) is 0 Å². The highest BCUT2D eigenvalue weighted by Gasteiger charge is 2.30. The van der Waals surface area contributed by atoms with Crippen LogP contribution < -0.4 is 10.6 Å². The summed E-state index contributed by atoms with van der Waals surface area (Å²) >= 11 is 0. The molecule has 0 aromatic carbocycles. The average Bonchev–Trinajstić information content (AvgIpc) is 2.36. The number of nitrogens with one attached hydrogen (secondary N) is 2. The van der Waals surface area contributed by atoms with Crippen LogP contribution in [0, 0.1) is 23.7 Å². The zero-order valence-electron chi connectivity index (χ0n) is 14.0. The maximum atomic E-state index is 11.7. The first-order valence-corrected chi connectivity index (χ1v) is 8.40. The van der Waals surface area contributed by atoms with E-state index in [1.54, 1.807) is 0 Å². The molecule has 0 aromatic rings. The largest absolute Gasteiger partial charge is 0.356 e. The highest BCUT2D eigenvalue weighted by atomic mass is 16.1. The fraction of sp³-hybridized carbons (Fsp3) is 0.941. The maximum Gasteiger partial charge on any atom is 0.221 e. The molecule has 1 aliphatic rings. The normalized spacial score (nSPS) is 27.1. The van der Waals surface area contributed by atoms with Gasteiger partial charge >= 0.3 is 0 Å². The molecule has 0 aliphatic heterocycles. The SMILES string of the molecule is CC(C)CNC(=O)CCNC1CC(C)CCC1C(C)C. The van der Waals surface area contributed by atoms with E-state index in [-0.39, 0.29) is 5.91 Å². The van der Waals surface area contributed by atoms with E-state index in [1.165, 1.54) is 19.3 Å². The number of rotatable bonds is 7. The summed E-state index contributed by atoms with van der Waals surface area (Å²) in [6.07, 6.45) is 4.55. The van der Waals surface area contributed by atoms with Gasteiger partial charge < -0.3 is 10.6 Å². The third-order valence-electron chi connectivity index (χ3n) is 4.49. The van der Waals surface area contributed by atoms with Gasteiger partial charge in [-0.1, -0.05) is 41.0 Å². The average molecular weight is 282 g/mol. The molecule has 0 heterocycles. The van der Waals surface area contributed by atoms with Crippen LogP contribution in [0.25, 0.3) is 0 Å². The zero-order valence-corrected chi connectivity index (χ0v) is 14.0. The Hall–Kier alpha value is -0.570. The number of carbonyl (C=O) groups is 1. The Morgan fingerprint density at radius 2 is 1.90 bits per heavy atom. The van der Waals surface area contributed by atoms with Crippen LogP contribution in [0.3, 0.4) is 0 Å². The Bertz CT molecular complexity index is 289. The van der Waals surface area contributed by atoms with Crippen molar-refractivity contribution in [3.63, 3.8) is 0 Å². The molecule has 0 aromatic heterocycles. The summed E-state index contributed by atoms with van der Waals surface area (Å²) in [5.41, 5.74) is 0. The summed E-state index contributed by atoms with van der Waals surface area (Å²) in [5.74, 6) is 3.02. The summed E-state index contributed by atoms with van der Waals surface area (Å²) in [4.78, 5) is 11.7. The van der Waals surface area contributed by atoms with Gasteiger partial charge in [0, 0.05) is 25.6 Å². The van der Waals surface area contributed by atoms with Crippen LogP contribution >= 0.6 is 0 Å². The van der Waals surface area contributed by atoms with Gasteiger partial charge in [0.2, 0.25) is 5.91 Å². The van der Waals surface area contributed by atoms with Crippen molar-refractivity contribution >= 4 is 5.91 Å². The molecule has 20 heavy (non-hydrogen) atoms. The van der Waals surface area contributed by atoms with Crippen molar-refractivity contribution in [2.24, 2.45) is 23.7 Å². The van der Waals surface area contributed by atoms with Crippen LogP contribution in [0.1, 0.15) is 60.3 Å². The zero-order chi connectivity index (χ0) is 15.1. The number of hydrogen-bond acceptors (Lipinski definition) is 2. The molecule has 0 radical (unpaired) electrons. The second-order valence-electron chi connectivity index (χ2n) is 7.33. The highest BCUT2D eigenvalue weighted by Crippen LogP contribution is 2.33. The van der Waals surface area contributed by atoms with E-state index in [2.05, 4.69) is 45.3 Å². The van der Waals surface area contributed by atoms with Gasteiger partial charge in [-0.05, 0) is 36.5 Å². The fourth-order valence-electron chi connectivity index (χ4n) is 3.21. The van der Waals surface area contributed by atoms with Crippen molar-refractivity contribution in [1.29, 1.82) is 0 Å². The van der Waals surface area contributed by atoms with Crippen LogP contribution in [0.2, 0.25) is 0 Å². The molecule has 3 nitrogen and oxygen atoms in total. The molecule has 0 bridgehead atoms. The van der Waals surface area contributed by atoms with Crippen molar-refractivity contribution in [2.45, 2.75) is 66.3 Å². The summed E-state index contributed by atoms with van der Waals surface area (Å²) in [6.45, 7) is 12.8. The van der Waals surface area contributed by atoms with E-state index in [4.69, 9.17) is 0 Å². The number of amides is 1. The lowest BCUT2D eigenvalue weighted by Crippen LogP contribution is -2.44. The van der Waals surface area contributed by atoms with Gasteiger partial charge in [0.05, 0.1) is 0 Å². The lowest BCUT2D eigenvalue weighted by atomic mass is 9.74. The highest BCUT2D eigenvalue weighted by molar-refractivity contribution is 5.76. The summed E-state index contributed by atoms with van der Waals surface area (Å²) in [6, 6.07) is 0.594. The number of carbonyl (C=O) groups excluding carboxylic acids is 1. The topological polar surface area (TPSA) is 41.1 Å². The van der Waals surface area contributed by atoms with Gasteiger partial charge in [-0.3, -0.25) is 4.79 Å². The van der Waals surface area contributed by atoms with Gasteiger partial charge in [-0.2, -0.15) is 0 Å². The van der Waals surface area contributed by atoms with Gasteiger partial charge in [0.25, 0.3) is 0 Å². The van der Waals surface area contributed by atoms with Crippen molar-refractivity contribution in [3.05, 3.63) is 0 Å². The Labute approximate surface area is 125 Å². The quantitative estimate of drug-likeness (QED) is 0.753. The minimum absolute atomic E-state index is 0.177. The smallest absolute Gasteiger partial charge is 0.221 e. The van der Waals surface area contributed by atoms with Crippen molar-refractivity contribution in [1.82, 2.24) is 10.6 Å². The maximum absolute atomic E-state index is 11.7. The standard InChI is InChI=1S/C17H34N2O/c1-12(2)11-19-17(20)8-9-18-16-10-14(5)6-7-15(16)13(3)4/h12-16,18H,6-11H2,1-5H3,(H,19,20). The fourth-order valence-corrected chi connectivity index (χ4v) is 3.21. The molecule has 1 rings (SSSR count). The van der Waals surface area contributed by atoms with Crippen molar-refractivity contribution < 1.29 is 4.79 Å². The molecule has 1 amide bonds. The van der Waals surface area contributed by atoms with E-state index in [0.29, 0.717) is 18.4 Å². The third-order valence-corrected chi connectivity index (χ3v) is 4.49. The van der Waals surface area contributed by atoms with Gasteiger partial charge in [-0.25, -0.2) is 0 Å². The molecular formula is C17H34N2O. The van der Waals surface area contributed by atoms with E-state index in [1.807, 2.05) is 0 Å². The Kier molecular flexibility index (Phi) is 7.57. The predicted molar refractivity (Wildman–Crippen MR) is 85.6 cm³/mol. The Balaban J connectivity index is 2.29. The van der Waals surface area contributed by atoms with Crippen molar-refractivity contribution in [2.75, 3.05) is 13.1 Å². The third kappa shape index (κ3) is 6.25. The molecule has 118 valence electrons. The van der Waals surface area contributed by atoms with Crippen molar-refractivity contribution in [3.8, 4) is 0 Å². The van der Waals surface area contributed by atoms with Crippen LogP contribution in [-0.2, 0) is 4.79 Å². The van der Waals surface area contributed by atoms with Crippen LogP contribution in [0.5, 0.6) is 0 Å². The first-order chi connectivity index (χ1) is 9.40. The van der Waals surface area contributed by atoms with Crippen LogP contribution in [0.4, 0.5) is 0 Å². The molecular weight excluding hydrogens is 248 g/mol. The van der Waals surface area contributed by atoms with Gasteiger partial charge in [-0.15, -0.1) is 0 Å². The van der Waals surface area contributed by atoms with E-state index < -0.39 is 0 Å². The lowest BCUT2D eigenvalue weighted by Gasteiger charge is -2.38. The van der Waals surface area contributed by atoms with Crippen LogP contribution in [0.15, 0.2) is 0 Å². The summed E-state index contributed by atoms with van der Waals surface area (Å²) < 4.78 is 0.